The average molecular weight is 325 g/mol. The normalized spacial score (nSPS) is 12.5. The molecule has 0 fully saturated rings. The minimum atomic E-state index is -4.44. The molecule has 7 heteroatoms. The number of hydrogen-bond acceptors (Lipinski definition) is 3. The van der Waals surface area contributed by atoms with Crippen LogP contribution in [0.2, 0.25) is 0 Å². The van der Waals surface area contributed by atoms with E-state index in [2.05, 4.69) is 10.1 Å². The summed E-state index contributed by atoms with van der Waals surface area (Å²) in [5.74, 6) is -0.724. The number of aliphatic hydroxyl groups excluding tert-OH is 1. The number of carbonyl (C=O) groups is 1. The van der Waals surface area contributed by atoms with Gasteiger partial charge in [-0.05, 0) is 17.7 Å². The van der Waals surface area contributed by atoms with Gasteiger partial charge in [0.2, 0.25) is 0 Å². The van der Waals surface area contributed by atoms with Gasteiger partial charge in [0.15, 0.2) is 12.7 Å². The van der Waals surface area contributed by atoms with Gasteiger partial charge in [0.1, 0.15) is 5.75 Å². The number of amides is 1. The van der Waals surface area contributed by atoms with E-state index in [1.165, 1.54) is 24.3 Å². The lowest BCUT2D eigenvalue weighted by Crippen LogP contribution is -2.21. The molecule has 0 aliphatic rings. The minimum absolute atomic E-state index is 0.0330. The lowest BCUT2D eigenvalue weighted by Gasteiger charge is -2.13. The van der Waals surface area contributed by atoms with Gasteiger partial charge >= 0.3 is 6.18 Å². The largest absolute Gasteiger partial charge is 0.484 e. The van der Waals surface area contributed by atoms with Crippen molar-refractivity contribution in [3.05, 3.63) is 60.2 Å². The second-order valence-corrected chi connectivity index (χ2v) is 4.73. The van der Waals surface area contributed by atoms with Gasteiger partial charge in [-0.15, -0.1) is 0 Å². The Bertz CT molecular complexity index is 659. The van der Waals surface area contributed by atoms with Crippen LogP contribution in [0.5, 0.6) is 5.75 Å². The number of benzene rings is 2. The molecule has 2 rings (SSSR count). The highest BCUT2D eigenvalue weighted by molar-refractivity contribution is 5.94. The van der Waals surface area contributed by atoms with Gasteiger partial charge in [-0.2, -0.15) is 13.2 Å². The quantitative estimate of drug-likeness (QED) is 0.887. The zero-order chi connectivity index (χ0) is 16.9. The Morgan fingerprint density at radius 2 is 1.83 bits per heavy atom. The number of alkyl halides is 3. The first-order valence-corrected chi connectivity index (χ1v) is 6.69. The number of anilines is 1. The van der Waals surface area contributed by atoms with E-state index in [1.807, 2.05) is 0 Å². The maximum atomic E-state index is 12.1. The fourth-order valence-electron chi connectivity index (χ4n) is 1.83. The van der Waals surface area contributed by atoms with E-state index in [4.69, 9.17) is 0 Å². The molecule has 0 heterocycles. The van der Waals surface area contributed by atoms with E-state index >= 15 is 0 Å². The van der Waals surface area contributed by atoms with E-state index in [0.29, 0.717) is 5.56 Å². The first-order valence-electron chi connectivity index (χ1n) is 6.69. The summed E-state index contributed by atoms with van der Waals surface area (Å²) >= 11 is 0. The summed E-state index contributed by atoms with van der Waals surface area (Å²) in [6, 6.07) is 13.8. The molecular formula is C16H14F3NO3. The summed E-state index contributed by atoms with van der Waals surface area (Å²) in [5.41, 5.74) is 0.638. The molecule has 4 nitrogen and oxygen atoms in total. The molecule has 1 unspecified atom stereocenters. The van der Waals surface area contributed by atoms with Gasteiger partial charge in [0, 0.05) is 11.8 Å². The molecule has 1 atom stereocenters. The van der Waals surface area contributed by atoms with Crippen molar-refractivity contribution >= 4 is 11.6 Å². The summed E-state index contributed by atoms with van der Waals surface area (Å²) < 4.78 is 41.0. The van der Waals surface area contributed by atoms with Crippen LogP contribution in [0.15, 0.2) is 54.6 Å². The molecule has 0 aliphatic carbocycles. The van der Waals surface area contributed by atoms with Gasteiger partial charge in [0.05, 0.1) is 0 Å². The number of rotatable bonds is 5. The van der Waals surface area contributed by atoms with Crippen molar-refractivity contribution < 1.29 is 27.8 Å². The van der Waals surface area contributed by atoms with Gasteiger partial charge in [-0.25, -0.2) is 0 Å². The zero-order valence-corrected chi connectivity index (χ0v) is 11.9. The van der Waals surface area contributed by atoms with Crippen molar-refractivity contribution in [2.75, 3.05) is 11.9 Å². The summed E-state index contributed by atoms with van der Waals surface area (Å²) in [5, 5.41) is 12.4. The van der Waals surface area contributed by atoms with Crippen LogP contribution in [0.1, 0.15) is 11.7 Å². The van der Waals surface area contributed by atoms with Crippen molar-refractivity contribution in [1.82, 2.24) is 0 Å². The number of halogens is 3. The second-order valence-electron chi connectivity index (χ2n) is 4.73. The second kappa shape index (κ2) is 7.15. The van der Waals surface area contributed by atoms with Gasteiger partial charge in [0.25, 0.3) is 5.91 Å². The zero-order valence-electron chi connectivity index (χ0n) is 11.9. The number of carbonyl (C=O) groups excluding carboxylic acids is 1. The molecule has 0 saturated heterocycles. The van der Waals surface area contributed by atoms with Crippen molar-refractivity contribution in [3.8, 4) is 5.75 Å². The van der Waals surface area contributed by atoms with Gasteiger partial charge in [-0.3, -0.25) is 4.79 Å². The molecule has 0 aliphatic heterocycles. The Hall–Kier alpha value is -2.54. The Labute approximate surface area is 130 Å². The summed E-state index contributed by atoms with van der Waals surface area (Å²) in [6.45, 7) is -1.42. The molecule has 23 heavy (non-hydrogen) atoms. The van der Waals surface area contributed by atoms with Crippen LogP contribution in [0, 0.1) is 0 Å². The van der Waals surface area contributed by atoms with Crippen LogP contribution in [-0.4, -0.2) is 23.8 Å². The first-order chi connectivity index (χ1) is 10.8. The SMILES string of the molecule is O=C(Nc1cccc(OCC(F)(F)F)c1)C(O)c1ccccc1. The summed E-state index contributed by atoms with van der Waals surface area (Å²) in [7, 11) is 0. The van der Waals surface area contributed by atoms with E-state index in [9.17, 15) is 23.1 Å². The predicted octanol–water partition coefficient (Wildman–Crippen LogP) is 3.30. The number of nitrogens with one attached hydrogen (secondary N) is 1. The fourth-order valence-corrected chi connectivity index (χ4v) is 1.83. The summed E-state index contributed by atoms with van der Waals surface area (Å²) in [6.07, 6.45) is -5.82. The molecule has 0 saturated carbocycles. The Morgan fingerprint density at radius 1 is 1.13 bits per heavy atom. The molecule has 2 aromatic carbocycles. The highest BCUT2D eigenvalue weighted by Crippen LogP contribution is 2.22. The predicted molar refractivity (Wildman–Crippen MR) is 78.0 cm³/mol. The third-order valence-electron chi connectivity index (χ3n) is 2.87. The maximum Gasteiger partial charge on any atom is 0.422 e. The van der Waals surface area contributed by atoms with Crippen LogP contribution in [0.3, 0.4) is 0 Å². The van der Waals surface area contributed by atoms with Gasteiger partial charge < -0.3 is 15.2 Å². The molecule has 2 N–H and O–H groups in total. The first kappa shape index (κ1) is 16.8. The third kappa shape index (κ3) is 5.30. The van der Waals surface area contributed by atoms with E-state index in [1.54, 1.807) is 30.3 Å². The third-order valence-corrected chi connectivity index (χ3v) is 2.87. The van der Waals surface area contributed by atoms with Gasteiger partial charge in [-0.1, -0.05) is 36.4 Å². The lowest BCUT2D eigenvalue weighted by molar-refractivity contribution is -0.153. The maximum absolute atomic E-state index is 12.1. The van der Waals surface area contributed by atoms with Crippen molar-refractivity contribution in [1.29, 1.82) is 0 Å². The molecule has 0 bridgehead atoms. The Balaban J connectivity index is 2.01. The van der Waals surface area contributed by atoms with Crippen molar-refractivity contribution in [3.63, 3.8) is 0 Å². The van der Waals surface area contributed by atoms with Crippen LogP contribution < -0.4 is 10.1 Å². The van der Waals surface area contributed by atoms with Crippen molar-refractivity contribution in [2.45, 2.75) is 12.3 Å². The molecule has 2 aromatic rings. The molecule has 122 valence electrons. The fraction of sp³-hybridized carbons (Fsp3) is 0.188. The molecule has 0 radical (unpaired) electrons. The monoisotopic (exact) mass is 325 g/mol. The van der Waals surface area contributed by atoms with Crippen LogP contribution in [0.25, 0.3) is 0 Å². The lowest BCUT2D eigenvalue weighted by atomic mass is 10.1. The van der Waals surface area contributed by atoms with Crippen LogP contribution in [-0.2, 0) is 4.79 Å². The highest BCUT2D eigenvalue weighted by atomic mass is 19.4. The smallest absolute Gasteiger partial charge is 0.422 e. The highest BCUT2D eigenvalue weighted by Gasteiger charge is 2.28. The number of hydrogen-bond donors (Lipinski definition) is 2. The van der Waals surface area contributed by atoms with Crippen LogP contribution in [0.4, 0.5) is 18.9 Å². The van der Waals surface area contributed by atoms with E-state index in [-0.39, 0.29) is 11.4 Å². The van der Waals surface area contributed by atoms with E-state index in [0.717, 1.165) is 0 Å². The molecular weight excluding hydrogens is 311 g/mol. The van der Waals surface area contributed by atoms with E-state index < -0.39 is 24.8 Å². The molecule has 0 aromatic heterocycles. The Kier molecular flexibility index (Phi) is 5.23. The van der Waals surface area contributed by atoms with Crippen molar-refractivity contribution in [2.24, 2.45) is 0 Å². The Morgan fingerprint density at radius 3 is 2.48 bits per heavy atom. The molecule has 0 spiro atoms. The van der Waals surface area contributed by atoms with Crippen LogP contribution >= 0.6 is 0 Å². The average Bonchev–Trinajstić information content (AvgIpc) is 2.53. The topological polar surface area (TPSA) is 58.6 Å². The summed E-state index contributed by atoms with van der Waals surface area (Å²) in [4.78, 5) is 12.0. The number of ether oxygens (including phenoxy) is 1. The molecule has 1 amide bonds. The minimum Gasteiger partial charge on any atom is -0.484 e. The standard InChI is InChI=1S/C16H14F3NO3/c17-16(18,19)10-23-13-8-4-7-12(9-13)20-15(22)14(21)11-5-2-1-3-6-11/h1-9,14,21H,10H2,(H,20,22). The number of aliphatic hydroxyl groups is 1.